The number of carbonyl (C=O) groups is 3. The molecule has 0 saturated heterocycles. The molecule has 0 heterocycles. The molecule has 6 nitrogen and oxygen atoms in total. The van der Waals surface area contributed by atoms with E-state index in [0.29, 0.717) is 17.0 Å². The van der Waals surface area contributed by atoms with Gasteiger partial charge in [0.15, 0.2) is 0 Å². The lowest BCUT2D eigenvalue weighted by atomic mass is 10.0. The van der Waals surface area contributed by atoms with Gasteiger partial charge in [-0.3, -0.25) is 9.59 Å². The molecule has 0 saturated carbocycles. The number of nitrogens with one attached hydrogen (secondary N) is 2. The molecule has 126 valence electrons. The minimum absolute atomic E-state index is 0.209. The van der Waals surface area contributed by atoms with Crippen LogP contribution in [0.3, 0.4) is 0 Å². The molecular weight excluding hydrogens is 320 g/mol. The van der Waals surface area contributed by atoms with Crippen LogP contribution in [0.4, 0.5) is 0 Å². The molecule has 0 spiro atoms. The molecule has 2 amide bonds. The summed E-state index contributed by atoms with van der Waals surface area (Å²) < 4.78 is 4.67. The Morgan fingerprint density at radius 2 is 1.96 bits per heavy atom. The van der Waals surface area contributed by atoms with Gasteiger partial charge in [-0.1, -0.05) is 31.5 Å². The number of hydrogen-bond donors (Lipinski definition) is 2. The van der Waals surface area contributed by atoms with Gasteiger partial charge in [0.05, 0.1) is 13.7 Å². The first-order chi connectivity index (χ1) is 10.8. The van der Waals surface area contributed by atoms with E-state index in [4.69, 9.17) is 11.6 Å². The van der Waals surface area contributed by atoms with E-state index in [0.717, 1.165) is 0 Å². The van der Waals surface area contributed by atoms with Crippen LogP contribution in [0.5, 0.6) is 0 Å². The Bertz CT molecular complexity index is 575. The Hall–Kier alpha value is -2.08. The fraction of sp³-hybridized carbons (Fsp3) is 0.438. The first-order valence-electron chi connectivity index (χ1n) is 7.24. The predicted octanol–water partition coefficient (Wildman–Crippen LogP) is 1.77. The van der Waals surface area contributed by atoms with Gasteiger partial charge < -0.3 is 15.4 Å². The molecule has 2 N–H and O–H groups in total. The second-order valence-electron chi connectivity index (χ2n) is 5.47. The molecule has 1 atom stereocenters. The van der Waals surface area contributed by atoms with E-state index in [1.165, 1.54) is 13.2 Å². The zero-order chi connectivity index (χ0) is 17.4. The number of rotatable bonds is 7. The molecule has 1 aromatic rings. The van der Waals surface area contributed by atoms with Gasteiger partial charge in [0.25, 0.3) is 5.91 Å². The van der Waals surface area contributed by atoms with Crippen molar-refractivity contribution in [2.45, 2.75) is 26.3 Å². The third-order valence-electron chi connectivity index (χ3n) is 3.02. The summed E-state index contributed by atoms with van der Waals surface area (Å²) in [6.45, 7) is 3.63. The fourth-order valence-electron chi connectivity index (χ4n) is 1.97. The second kappa shape index (κ2) is 9.15. The normalized spacial score (nSPS) is 11.7. The number of hydrogen-bond acceptors (Lipinski definition) is 4. The summed E-state index contributed by atoms with van der Waals surface area (Å²) in [4.78, 5) is 35.5. The quantitative estimate of drug-likeness (QED) is 0.741. The summed E-state index contributed by atoms with van der Waals surface area (Å²) >= 11 is 5.81. The van der Waals surface area contributed by atoms with E-state index in [2.05, 4.69) is 15.4 Å². The molecule has 0 aliphatic carbocycles. The zero-order valence-corrected chi connectivity index (χ0v) is 14.1. The van der Waals surface area contributed by atoms with Gasteiger partial charge in [-0.25, -0.2) is 4.79 Å². The van der Waals surface area contributed by atoms with Crippen molar-refractivity contribution in [3.05, 3.63) is 34.9 Å². The summed E-state index contributed by atoms with van der Waals surface area (Å²) in [5.41, 5.74) is 0.358. The number of amides is 2. The van der Waals surface area contributed by atoms with Crippen molar-refractivity contribution < 1.29 is 19.1 Å². The highest BCUT2D eigenvalue weighted by molar-refractivity contribution is 6.30. The minimum atomic E-state index is -0.726. The van der Waals surface area contributed by atoms with Crippen LogP contribution in [0, 0.1) is 5.92 Å². The Labute approximate surface area is 140 Å². The smallest absolute Gasteiger partial charge is 0.328 e. The van der Waals surface area contributed by atoms with Crippen LogP contribution in [-0.4, -0.2) is 37.5 Å². The maximum Gasteiger partial charge on any atom is 0.328 e. The third kappa shape index (κ3) is 6.69. The molecule has 23 heavy (non-hydrogen) atoms. The molecule has 1 unspecified atom stereocenters. The Morgan fingerprint density at radius 3 is 2.52 bits per heavy atom. The van der Waals surface area contributed by atoms with Gasteiger partial charge in [-0.05, 0) is 30.5 Å². The van der Waals surface area contributed by atoms with Crippen LogP contribution in [0.1, 0.15) is 30.6 Å². The lowest BCUT2D eigenvalue weighted by molar-refractivity contribution is -0.145. The molecule has 0 radical (unpaired) electrons. The maximum absolute atomic E-state index is 11.9. The molecule has 0 aliphatic rings. The average Bonchev–Trinajstić information content (AvgIpc) is 2.50. The van der Waals surface area contributed by atoms with Crippen LogP contribution in [-0.2, 0) is 14.3 Å². The molecule has 0 aliphatic heterocycles. The lowest BCUT2D eigenvalue weighted by Crippen LogP contribution is -2.46. The first kappa shape index (κ1) is 19.0. The summed E-state index contributed by atoms with van der Waals surface area (Å²) in [5, 5.41) is 5.48. The van der Waals surface area contributed by atoms with Crippen molar-refractivity contribution in [2.75, 3.05) is 13.7 Å². The topological polar surface area (TPSA) is 84.5 Å². The van der Waals surface area contributed by atoms with Crippen molar-refractivity contribution in [1.29, 1.82) is 0 Å². The number of benzene rings is 1. The van der Waals surface area contributed by atoms with Crippen LogP contribution in [0.25, 0.3) is 0 Å². The number of ether oxygens (including phenoxy) is 1. The number of carbonyl (C=O) groups excluding carboxylic acids is 3. The highest BCUT2D eigenvalue weighted by Gasteiger charge is 2.22. The van der Waals surface area contributed by atoms with E-state index in [1.807, 2.05) is 13.8 Å². The third-order valence-corrected chi connectivity index (χ3v) is 3.26. The van der Waals surface area contributed by atoms with Crippen molar-refractivity contribution in [3.63, 3.8) is 0 Å². The highest BCUT2D eigenvalue weighted by atomic mass is 35.5. The number of esters is 1. The van der Waals surface area contributed by atoms with Gasteiger partial charge in [0.1, 0.15) is 6.04 Å². The molecule has 0 bridgehead atoms. The largest absolute Gasteiger partial charge is 0.467 e. The van der Waals surface area contributed by atoms with Crippen LogP contribution in [0.2, 0.25) is 5.02 Å². The summed E-state index contributed by atoms with van der Waals surface area (Å²) in [7, 11) is 1.27. The van der Waals surface area contributed by atoms with Gasteiger partial charge in [-0.15, -0.1) is 0 Å². The highest BCUT2D eigenvalue weighted by Crippen LogP contribution is 2.10. The van der Waals surface area contributed by atoms with Crippen molar-refractivity contribution in [1.82, 2.24) is 10.6 Å². The minimum Gasteiger partial charge on any atom is -0.467 e. The number of methoxy groups -OCH3 is 1. The SMILES string of the molecule is COC(=O)C(CC(C)C)NC(=O)CNC(=O)c1cccc(Cl)c1. The first-order valence-corrected chi connectivity index (χ1v) is 7.62. The molecule has 0 aromatic heterocycles. The Morgan fingerprint density at radius 1 is 1.26 bits per heavy atom. The molecular formula is C16H21ClN2O4. The van der Waals surface area contributed by atoms with Crippen molar-refractivity contribution in [3.8, 4) is 0 Å². The number of halogens is 1. The average molecular weight is 341 g/mol. The van der Waals surface area contributed by atoms with Crippen molar-refractivity contribution >= 4 is 29.4 Å². The summed E-state index contributed by atoms with van der Waals surface area (Å²) in [6, 6.07) is 5.67. The zero-order valence-electron chi connectivity index (χ0n) is 13.4. The van der Waals surface area contributed by atoms with E-state index in [-0.39, 0.29) is 12.5 Å². The van der Waals surface area contributed by atoms with Gasteiger partial charge in [0.2, 0.25) is 5.91 Å². The van der Waals surface area contributed by atoms with E-state index < -0.39 is 23.8 Å². The second-order valence-corrected chi connectivity index (χ2v) is 5.90. The van der Waals surface area contributed by atoms with Crippen LogP contribution in [0.15, 0.2) is 24.3 Å². The van der Waals surface area contributed by atoms with Gasteiger partial charge in [0, 0.05) is 10.6 Å². The Kier molecular flexibility index (Phi) is 7.54. The van der Waals surface area contributed by atoms with Gasteiger partial charge >= 0.3 is 5.97 Å². The molecule has 1 rings (SSSR count). The van der Waals surface area contributed by atoms with E-state index >= 15 is 0 Å². The molecule has 0 fully saturated rings. The summed E-state index contributed by atoms with van der Waals surface area (Å²) in [5.74, 6) is -1.17. The molecule has 7 heteroatoms. The maximum atomic E-state index is 11.9. The predicted molar refractivity (Wildman–Crippen MR) is 87.2 cm³/mol. The Balaban J connectivity index is 2.54. The fourth-order valence-corrected chi connectivity index (χ4v) is 2.16. The molecule has 1 aromatic carbocycles. The lowest BCUT2D eigenvalue weighted by Gasteiger charge is -2.18. The monoisotopic (exact) mass is 340 g/mol. The summed E-state index contributed by atoms with van der Waals surface area (Å²) in [6.07, 6.45) is 0.459. The van der Waals surface area contributed by atoms with Gasteiger partial charge in [-0.2, -0.15) is 0 Å². The van der Waals surface area contributed by atoms with E-state index in [1.54, 1.807) is 18.2 Å². The van der Waals surface area contributed by atoms with Crippen LogP contribution < -0.4 is 10.6 Å². The van der Waals surface area contributed by atoms with Crippen LogP contribution >= 0.6 is 11.6 Å². The van der Waals surface area contributed by atoms with Crippen molar-refractivity contribution in [2.24, 2.45) is 5.92 Å². The van der Waals surface area contributed by atoms with E-state index in [9.17, 15) is 14.4 Å². The standard InChI is InChI=1S/C16H21ClN2O4/c1-10(2)7-13(16(22)23-3)19-14(20)9-18-15(21)11-5-4-6-12(17)8-11/h4-6,8,10,13H,7,9H2,1-3H3,(H,18,21)(H,19,20).